The Kier molecular flexibility index (Phi) is 10.6. The topological polar surface area (TPSA) is 3.24 Å². The molecule has 2 aromatic carbocycles. The van der Waals surface area contributed by atoms with Crippen LogP contribution in [0.4, 0.5) is 0 Å². The van der Waals surface area contributed by atoms with E-state index in [0.29, 0.717) is 33.2 Å². The van der Waals surface area contributed by atoms with Crippen LogP contribution >= 0.6 is 0 Å². The van der Waals surface area contributed by atoms with E-state index in [1.54, 1.807) is 0 Å². The zero-order chi connectivity index (χ0) is 27.4. The fourth-order valence-electron chi connectivity index (χ4n) is 8.33. The fraction of sp³-hybridized carbons (Fsp3) is 0.576. The Morgan fingerprint density at radius 2 is 0.972 bits per heavy atom. The maximum absolute atomic E-state index is 4.49. The van der Waals surface area contributed by atoms with Crippen molar-refractivity contribution in [1.82, 2.24) is 4.23 Å². The molecule has 0 aliphatic heterocycles. The molecule has 1 nitrogen and oxygen atoms in total. The predicted octanol–water partition coefficient (Wildman–Crippen LogP) is 10.9. The molecule has 0 aromatic heterocycles. The van der Waals surface area contributed by atoms with Crippen molar-refractivity contribution in [2.45, 2.75) is 123 Å². The molecule has 0 bridgehead atoms. The summed E-state index contributed by atoms with van der Waals surface area (Å²) in [5, 5.41) is 0. The van der Waals surface area contributed by atoms with Gasteiger partial charge in [0.25, 0.3) is 0 Å². The van der Waals surface area contributed by atoms with Gasteiger partial charge in [-0.05, 0) is 61.6 Å². The average Bonchev–Trinajstić information content (AvgIpc) is 2.78. The molecule has 200 valence electrons. The quantitative estimate of drug-likeness (QED) is 0.251. The van der Waals surface area contributed by atoms with Crippen molar-refractivity contribution in [3.63, 3.8) is 0 Å². The van der Waals surface area contributed by atoms with Crippen LogP contribution in [-0.4, -0.2) is 20.7 Å². The standard InChI is InChI=1S/C33H55NSi2/c1-24(2)35(25(3)4,26(5)6)34(36(27(7)8,28(9)10)29(11)12)23-31-18-17-21-33(22-31)30(13)32-19-15-14-16-20-32/h14-22,24-29H,13,23H2,1-12H3. The normalized spacial score (nSPS) is 13.3. The van der Waals surface area contributed by atoms with Gasteiger partial charge in [-0.15, -0.1) is 0 Å². The van der Waals surface area contributed by atoms with Gasteiger partial charge in [0, 0.05) is 6.54 Å². The number of nitrogens with zero attached hydrogens (tertiary/aromatic N) is 1. The molecule has 0 spiro atoms. The van der Waals surface area contributed by atoms with E-state index in [1.165, 1.54) is 16.7 Å². The van der Waals surface area contributed by atoms with Gasteiger partial charge in [-0.2, -0.15) is 0 Å². The molecular formula is C33H55NSi2. The van der Waals surface area contributed by atoms with Crippen LogP contribution in [0, 0.1) is 0 Å². The highest BCUT2D eigenvalue weighted by molar-refractivity contribution is 6.96. The van der Waals surface area contributed by atoms with Crippen molar-refractivity contribution in [1.29, 1.82) is 0 Å². The van der Waals surface area contributed by atoms with Crippen molar-refractivity contribution < 1.29 is 0 Å². The molecule has 0 N–H and O–H groups in total. The second-order valence-electron chi connectivity index (χ2n) is 12.8. The zero-order valence-corrected chi connectivity index (χ0v) is 27.5. The number of hydrogen-bond acceptors (Lipinski definition) is 1. The van der Waals surface area contributed by atoms with Crippen LogP contribution in [0.3, 0.4) is 0 Å². The first kappa shape index (κ1) is 30.8. The van der Waals surface area contributed by atoms with Gasteiger partial charge in [-0.1, -0.05) is 138 Å². The molecule has 0 radical (unpaired) electrons. The number of rotatable bonds is 12. The molecule has 0 amide bonds. The van der Waals surface area contributed by atoms with Crippen molar-refractivity contribution in [2.24, 2.45) is 0 Å². The summed E-state index contributed by atoms with van der Waals surface area (Å²) in [6.07, 6.45) is 0. The van der Waals surface area contributed by atoms with E-state index in [1.807, 2.05) is 0 Å². The van der Waals surface area contributed by atoms with Crippen LogP contribution in [0.25, 0.3) is 5.57 Å². The Bertz CT molecular complexity index is 897. The van der Waals surface area contributed by atoms with E-state index in [-0.39, 0.29) is 0 Å². The second-order valence-corrected chi connectivity index (χ2v) is 24.8. The molecule has 0 unspecified atom stereocenters. The summed E-state index contributed by atoms with van der Waals surface area (Å²) in [6.45, 7) is 36.0. The monoisotopic (exact) mass is 521 g/mol. The second kappa shape index (κ2) is 12.4. The van der Waals surface area contributed by atoms with E-state index in [0.717, 1.165) is 12.1 Å². The zero-order valence-electron chi connectivity index (χ0n) is 25.5. The van der Waals surface area contributed by atoms with E-state index in [4.69, 9.17) is 0 Å². The smallest absolute Gasteiger partial charge is 0.129 e. The lowest BCUT2D eigenvalue weighted by Gasteiger charge is -2.63. The molecule has 2 aromatic rings. The van der Waals surface area contributed by atoms with Crippen LogP contribution in [0.2, 0.25) is 33.2 Å². The highest BCUT2D eigenvalue weighted by Crippen LogP contribution is 2.54. The number of hydrogen-bond donors (Lipinski definition) is 0. The maximum Gasteiger partial charge on any atom is 0.129 e. The van der Waals surface area contributed by atoms with E-state index < -0.39 is 16.5 Å². The molecule has 0 atom stereocenters. The van der Waals surface area contributed by atoms with Gasteiger partial charge in [-0.3, -0.25) is 0 Å². The van der Waals surface area contributed by atoms with Crippen LogP contribution < -0.4 is 0 Å². The van der Waals surface area contributed by atoms with Crippen molar-refractivity contribution in [2.75, 3.05) is 0 Å². The van der Waals surface area contributed by atoms with Gasteiger partial charge in [0.05, 0.1) is 0 Å². The molecular weight excluding hydrogens is 467 g/mol. The summed E-state index contributed by atoms with van der Waals surface area (Å²) in [5.74, 6) is 0. The molecule has 0 aliphatic rings. The van der Waals surface area contributed by atoms with Gasteiger partial charge in [0.15, 0.2) is 0 Å². The van der Waals surface area contributed by atoms with E-state index in [2.05, 4.69) is 148 Å². The molecule has 0 fully saturated rings. The van der Waals surface area contributed by atoms with Gasteiger partial charge in [0.2, 0.25) is 0 Å². The van der Waals surface area contributed by atoms with Gasteiger partial charge in [-0.25, -0.2) is 0 Å². The third kappa shape index (κ3) is 5.54. The van der Waals surface area contributed by atoms with Crippen molar-refractivity contribution >= 4 is 22.0 Å². The third-order valence-electron chi connectivity index (χ3n) is 9.22. The first-order valence-electron chi connectivity index (χ1n) is 14.4. The summed E-state index contributed by atoms with van der Waals surface area (Å²) in [7, 11) is -3.80. The first-order chi connectivity index (χ1) is 16.7. The van der Waals surface area contributed by atoms with Crippen LogP contribution in [0.15, 0.2) is 61.2 Å². The van der Waals surface area contributed by atoms with Crippen molar-refractivity contribution in [3.05, 3.63) is 77.9 Å². The van der Waals surface area contributed by atoms with Gasteiger partial charge in [0.1, 0.15) is 16.5 Å². The summed E-state index contributed by atoms with van der Waals surface area (Å²) in [4.78, 5) is 0. The average molecular weight is 522 g/mol. The highest BCUT2D eigenvalue weighted by Gasteiger charge is 2.59. The lowest BCUT2D eigenvalue weighted by atomic mass is 9.98. The molecule has 0 aliphatic carbocycles. The van der Waals surface area contributed by atoms with Crippen LogP contribution in [0.5, 0.6) is 0 Å². The largest absolute Gasteiger partial charge is 0.340 e. The summed E-state index contributed by atoms with van der Waals surface area (Å²) >= 11 is 0. The predicted molar refractivity (Wildman–Crippen MR) is 169 cm³/mol. The fourth-order valence-corrected chi connectivity index (χ4v) is 28.3. The third-order valence-corrected chi connectivity index (χ3v) is 24.8. The lowest BCUT2D eigenvalue weighted by Crippen LogP contribution is -2.73. The molecule has 0 saturated carbocycles. The molecule has 0 heterocycles. The minimum Gasteiger partial charge on any atom is -0.340 e. The molecule has 0 saturated heterocycles. The van der Waals surface area contributed by atoms with E-state index >= 15 is 0 Å². The van der Waals surface area contributed by atoms with Crippen molar-refractivity contribution in [3.8, 4) is 0 Å². The number of benzene rings is 2. The minimum atomic E-state index is -1.90. The minimum absolute atomic E-state index is 0.697. The first-order valence-corrected chi connectivity index (χ1v) is 18.7. The van der Waals surface area contributed by atoms with Crippen LogP contribution in [-0.2, 0) is 6.54 Å². The summed E-state index contributed by atoms with van der Waals surface area (Å²) in [6, 6.07) is 19.9. The Balaban J connectivity index is 2.78. The van der Waals surface area contributed by atoms with Crippen LogP contribution in [0.1, 0.15) is 99.8 Å². The lowest BCUT2D eigenvalue weighted by molar-refractivity contribution is 0.493. The molecule has 3 heteroatoms. The Hall–Kier alpha value is -1.43. The highest BCUT2D eigenvalue weighted by atomic mass is 28.4. The summed E-state index contributed by atoms with van der Waals surface area (Å²) < 4.78 is 3.27. The summed E-state index contributed by atoms with van der Waals surface area (Å²) in [5.41, 5.74) is 9.20. The Morgan fingerprint density at radius 1 is 0.583 bits per heavy atom. The Labute approximate surface area is 226 Å². The van der Waals surface area contributed by atoms with Gasteiger partial charge < -0.3 is 4.23 Å². The van der Waals surface area contributed by atoms with E-state index in [9.17, 15) is 0 Å². The maximum atomic E-state index is 4.49. The molecule has 36 heavy (non-hydrogen) atoms. The van der Waals surface area contributed by atoms with Gasteiger partial charge >= 0.3 is 0 Å². The molecule has 2 rings (SSSR count). The SMILES string of the molecule is C=C(c1ccccc1)c1cccc(CN([Si](C(C)C)(C(C)C)C(C)C)[Si](C(C)C)(C(C)C)C(C)C)c1. The Morgan fingerprint density at radius 3 is 1.36 bits per heavy atom.